The molecule has 2 atom stereocenters. The first kappa shape index (κ1) is 17.9. The molecule has 1 fully saturated rings. The van der Waals surface area contributed by atoms with Crippen molar-refractivity contribution in [1.82, 2.24) is 4.90 Å². The smallest absolute Gasteiger partial charge is 0.379 e. The highest BCUT2D eigenvalue weighted by atomic mass is 32.2. The number of likely N-dealkylation sites (tertiary alicyclic amines) is 1. The largest absolute Gasteiger partial charge is 0.419 e. The summed E-state index contributed by atoms with van der Waals surface area (Å²) in [5.74, 6) is 0. The molecule has 0 unspecified atom stereocenters. The Bertz CT molecular complexity index is 582. The van der Waals surface area contributed by atoms with Crippen LogP contribution in [0.3, 0.4) is 0 Å². The number of hydrogen-bond acceptors (Lipinski definition) is 3. The standard InChI is InChI=1S/C15H19F3N2O2S/c1-10(23-2)11-4-3-5-12(8-11)19-13(21)20-7-6-14(22,9-20)15(16,17)18/h3-5,8,10,22H,6-7,9H2,1-2H3,(H,19,21)/t10-,14-/m0/s1. The average molecular weight is 348 g/mol. The van der Waals surface area contributed by atoms with E-state index in [4.69, 9.17) is 0 Å². The van der Waals surface area contributed by atoms with E-state index in [0.717, 1.165) is 10.5 Å². The molecular weight excluding hydrogens is 329 g/mol. The Morgan fingerprint density at radius 1 is 1.48 bits per heavy atom. The molecule has 0 aliphatic carbocycles. The van der Waals surface area contributed by atoms with Gasteiger partial charge in [0.25, 0.3) is 0 Å². The minimum atomic E-state index is -4.74. The van der Waals surface area contributed by atoms with Crippen molar-refractivity contribution < 1.29 is 23.1 Å². The zero-order chi connectivity index (χ0) is 17.3. The molecular formula is C15H19F3N2O2S. The molecule has 4 nitrogen and oxygen atoms in total. The number of amides is 2. The van der Waals surface area contributed by atoms with Crippen molar-refractivity contribution in [3.05, 3.63) is 29.8 Å². The molecule has 2 amide bonds. The number of β-amino-alcohol motifs (C(OH)–C–C–N with tert-alkyl or cyclic N) is 1. The lowest BCUT2D eigenvalue weighted by molar-refractivity contribution is -0.253. The van der Waals surface area contributed by atoms with Gasteiger partial charge in [0.2, 0.25) is 0 Å². The SMILES string of the molecule is CS[C@@H](C)c1cccc(NC(=O)N2CC[C@@](O)(C(F)(F)F)C2)c1. The number of carbonyl (C=O) groups excluding carboxylic acids is 1. The predicted molar refractivity (Wildman–Crippen MR) is 84.6 cm³/mol. The number of benzene rings is 1. The Balaban J connectivity index is 2.04. The van der Waals surface area contributed by atoms with Gasteiger partial charge in [-0.1, -0.05) is 12.1 Å². The molecule has 0 bridgehead atoms. The van der Waals surface area contributed by atoms with Crippen molar-refractivity contribution in [2.45, 2.75) is 30.4 Å². The fraction of sp³-hybridized carbons (Fsp3) is 0.533. The van der Waals surface area contributed by atoms with Crippen LogP contribution >= 0.6 is 11.8 Å². The molecule has 1 heterocycles. The molecule has 2 N–H and O–H groups in total. The summed E-state index contributed by atoms with van der Waals surface area (Å²) < 4.78 is 38.3. The molecule has 1 aromatic carbocycles. The van der Waals surface area contributed by atoms with Gasteiger partial charge in [-0.2, -0.15) is 24.9 Å². The van der Waals surface area contributed by atoms with Crippen LogP contribution in [0.15, 0.2) is 24.3 Å². The van der Waals surface area contributed by atoms with E-state index in [1.54, 1.807) is 30.0 Å². The number of halogens is 3. The van der Waals surface area contributed by atoms with Crippen LogP contribution in [0.1, 0.15) is 24.2 Å². The number of nitrogens with one attached hydrogen (secondary N) is 1. The third-order valence-corrected chi connectivity index (χ3v) is 5.00. The maximum Gasteiger partial charge on any atom is 0.419 e. The summed E-state index contributed by atoms with van der Waals surface area (Å²) in [6, 6.07) is 6.55. The lowest BCUT2D eigenvalue weighted by Gasteiger charge is -2.26. The lowest BCUT2D eigenvalue weighted by atomic mass is 10.0. The molecule has 23 heavy (non-hydrogen) atoms. The maximum absolute atomic E-state index is 12.8. The van der Waals surface area contributed by atoms with E-state index in [-0.39, 0.29) is 11.8 Å². The highest BCUT2D eigenvalue weighted by molar-refractivity contribution is 7.98. The molecule has 0 radical (unpaired) electrons. The van der Waals surface area contributed by atoms with Gasteiger partial charge in [-0.05, 0) is 30.9 Å². The molecule has 1 aromatic rings. The van der Waals surface area contributed by atoms with Gasteiger partial charge in [-0.15, -0.1) is 0 Å². The lowest BCUT2D eigenvalue weighted by Crippen LogP contribution is -2.48. The number of aliphatic hydroxyl groups is 1. The van der Waals surface area contributed by atoms with Crippen LogP contribution in [-0.4, -0.2) is 47.2 Å². The summed E-state index contributed by atoms with van der Waals surface area (Å²) in [5.41, 5.74) is -1.28. The topological polar surface area (TPSA) is 52.6 Å². The Kier molecular flexibility index (Phi) is 5.15. The van der Waals surface area contributed by atoms with Gasteiger partial charge in [0, 0.05) is 23.9 Å². The average Bonchev–Trinajstić information content (AvgIpc) is 2.90. The number of alkyl halides is 3. The van der Waals surface area contributed by atoms with Crippen molar-refractivity contribution >= 4 is 23.5 Å². The second-order valence-electron chi connectivity index (χ2n) is 5.63. The van der Waals surface area contributed by atoms with E-state index < -0.39 is 30.8 Å². The molecule has 0 aromatic heterocycles. The van der Waals surface area contributed by atoms with Gasteiger partial charge in [0.05, 0.1) is 6.54 Å². The summed E-state index contributed by atoms with van der Waals surface area (Å²) in [4.78, 5) is 13.1. The zero-order valence-corrected chi connectivity index (χ0v) is 13.7. The third-order valence-electron chi connectivity index (χ3n) is 4.02. The Labute approximate surface area is 137 Å². The van der Waals surface area contributed by atoms with Gasteiger partial charge in [-0.3, -0.25) is 0 Å². The van der Waals surface area contributed by atoms with Crippen LogP contribution in [0.25, 0.3) is 0 Å². The van der Waals surface area contributed by atoms with Crippen LogP contribution in [0.5, 0.6) is 0 Å². The van der Waals surface area contributed by atoms with Crippen LogP contribution in [0, 0.1) is 0 Å². The maximum atomic E-state index is 12.8. The Morgan fingerprint density at radius 3 is 2.74 bits per heavy atom. The van der Waals surface area contributed by atoms with Crippen molar-refractivity contribution in [2.75, 3.05) is 24.7 Å². The molecule has 2 rings (SSSR count). The van der Waals surface area contributed by atoms with Gasteiger partial charge in [0.15, 0.2) is 5.60 Å². The second-order valence-corrected chi connectivity index (χ2v) is 6.81. The number of carbonyl (C=O) groups is 1. The van der Waals surface area contributed by atoms with E-state index in [2.05, 4.69) is 5.32 Å². The summed E-state index contributed by atoms with van der Waals surface area (Å²) in [6.45, 7) is 1.14. The zero-order valence-electron chi connectivity index (χ0n) is 12.9. The molecule has 0 saturated carbocycles. The van der Waals surface area contributed by atoms with E-state index in [9.17, 15) is 23.1 Å². The highest BCUT2D eigenvalue weighted by Gasteiger charge is 2.57. The minimum absolute atomic E-state index is 0.136. The molecule has 128 valence electrons. The number of nitrogens with zero attached hydrogens (tertiary/aromatic N) is 1. The first-order chi connectivity index (χ1) is 10.7. The van der Waals surface area contributed by atoms with Crippen molar-refractivity contribution in [2.24, 2.45) is 0 Å². The highest BCUT2D eigenvalue weighted by Crippen LogP contribution is 2.37. The summed E-state index contributed by atoms with van der Waals surface area (Å²) >= 11 is 1.65. The van der Waals surface area contributed by atoms with Crippen molar-refractivity contribution in [3.63, 3.8) is 0 Å². The molecule has 0 spiro atoms. The molecule has 8 heteroatoms. The van der Waals surface area contributed by atoms with E-state index in [0.29, 0.717) is 5.69 Å². The first-order valence-electron chi connectivity index (χ1n) is 7.14. The van der Waals surface area contributed by atoms with Crippen LogP contribution in [0.4, 0.5) is 23.7 Å². The van der Waals surface area contributed by atoms with Gasteiger partial charge in [-0.25, -0.2) is 4.79 Å². The Morgan fingerprint density at radius 2 is 2.17 bits per heavy atom. The van der Waals surface area contributed by atoms with Crippen LogP contribution in [0.2, 0.25) is 0 Å². The molecule has 1 saturated heterocycles. The first-order valence-corrected chi connectivity index (χ1v) is 8.43. The predicted octanol–water partition coefficient (Wildman–Crippen LogP) is 3.64. The summed E-state index contributed by atoms with van der Waals surface area (Å²) in [6.07, 6.45) is -3.28. The molecule has 1 aliphatic heterocycles. The number of urea groups is 1. The molecule has 1 aliphatic rings. The summed E-state index contributed by atoms with van der Waals surface area (Å²) in [5, 5.41) is 12.4. The van der Waals surface area contributed by atoms with Crippen molar-refractivity contribution in [1.29, 1.82) is 0 Å². The van der Waals surface area contributed by atoms with E-state index in [1.165, 1.54) is 0 Å². The number of anilines is 1. The third kappa shape index (κ3) is 3.92. The second kappa shape index (κ2) is 6.60. The number of rotatable bonds is 3. The fourth-order valence-electron chi connectivity index (χ4n) is 2.41. The van der Waals surface area contributed by atoms with E-state index in [1.807, 2.05) is 19.2 Å². The Hall–Kier alpha value is -1.41. The summed E-state index contributed by atoms with van der Waals surface area (Å²) in [7, 11) is 0. The van der Waals surface area contributed by atoms with Crippen LogP contribution < -0.4 is 5.32 Å². The fourth-order valence-corrected chi connectivity index (χ4v) is 2.83. The monoisotopic (exact) mass is 348 g/mol. The normalized spacial score (nSPS) is 23.0. The van der Waals surface area contributed by atoms with Crippen molar-refractivity contribution in [3.8, 4) is 0 Å². The number of hydrogen-bond donors (Lipinski definition) is 2. The van der Waals surface area contributed by atoms with E-state index >= 15 is 0 Å². The van der Waals surface area contributed by atoms with Crippen LogP contribution in [-0.2, 0) is 0 Å². The van der Waals surface area contributed by atoms with Gasteiger partial charge in [0.1, 0.15) is 0 Å². The van der Waals surface area contributed by atoms with Gasteiger partial charge >= 0.3 is 12.2 Å². The van der Waals surface area contributed by atoms with Gasteiger partial charge < -0.3 is 15.3 Å². The minimum Gasteiger partial charge on any atom is -0.379 e. The quantitative estimate of drug-likeness (QED) is 0.877. The number of thioether (sulfide) groups is 1.